The summed E-state index contributed by atoms with van der Waals surface area (Å²) < 4.78 is 14.4. The first-order valence-corrected chi connectivity index (χ1v) is 18.3. The normalized spacial score (nSPS) is 34.6. The SMILES string of the molecule is C1=CC2C(C3=CC=CC4C5=C(OC34)C3=C(CC5)C4C=CC=C(C5=c6ccccc6=C6C=CCCC6C5)C4O3)=CC3=C(C=CCC3)C2C=C1. The zero-order valence-corrected chi connectivity index (χ0v) is 27.3. The Kier molecular flexibility index (Phi) is 5.97. The van der Waals surface area contributed by atoms with E-state index in [1.807, 2.05) is 0 Å². The number of benzene rings is 1. The van der Waals surface area contributed by atoms with E-state index in [2.05, 4.69) is 115 Å². The summed E-state index contributed by atoms with van der Waals surface area (Å²) in [6.45, 7) is 0. The average Bonchev–Trinajstić information content (AvgIpc) is 3.73. The molecular weight excluding hydrogens is 585 g/mol. The van der Waals surface area contributed by atoms with Gasteiger partial charge in [0.2, 0.25) is 0 Å². The molecule has 0 bridgehead atoms. The second-order valence-corrected chi connectivity index (χ2v) is 15.1. The molecule has 0 fully saturated rings. The van der Waals surface area contributed by atoms with Gasteiger partial charge in [0.25, 0.3) is 0 Å². The molecule has 0 spiro atoms. The molecule has 0 saturated heterocycles. The first-order valence-electron chi connectivity index (χ1n) is 18.3. The second kappa shape index (κ2) is 10.5. The van der Waals surface area contributed by atoms with Crippen molar-refractivity contribution in [3.63, 3.8) is 0 Å². The zero-order valence-electron chi connectivity index (χ0n) is 27.3. The summed E-state index contributed by atoms with van der Waals surface area (Å²) in [5.41, 5.74) is 13.1. The molecule has 7 unspecified atom stereocenters. The van der Waals surface area contributed by atoms with E-state index in [0.717, 1.165) is 43.6 Å². The van der Waals surface area contributed by atoms with Crippen molar-refractivity contribution >= 4 is 11.1 Å². The third-order valence-electron chi connectivity index (χ3n) is 12.7. The van der Waals surface area contributed by atoms with Gasteiger partial charge in [0, 0.05) is 23.7 Å². The van der Waals surface area contributed by atoms with Crippen LogP contribution in [0, 0.1) is 29.6 Å². The van der Waals surface area contributed by atoms with Gasteiger partial charge in [-0.3, -0.25) is 0 Å². The van der Waals surface area contributed by atoms with Crippen LogP contribution < -0.4 is 10.4 Å². The fourth-order valence-electron chi connectivity index (χ4n) is 10.6. The van der Waals surface area contributed by atoms with Gasteiger partial charge in [0.05, 0.1) is 0 Å². The van der Waals surface area contributed by atoms with E-state index in [4.69, 9.17) is 9.47 Å². The van der Waals surface area contributed by atoms with Crippen LogP contribution in [-0.2, 0) is 9.47 Å². The second-order valence-electron chi connectivity index (χ2n) is 15.1. The third kappa shape index (κ3) is 3.86. The summed E-state index contributed by atoms with van der Waals surface area (Å²) in [5, 5.41) is 2.81. The van der Waals surface area contributed by atoms with Gasteiger partial charge in [-0.1, -0.05) is 115 Å². The lowest BCUT2D eigenvalue weighted by molar-refractivity contribution is 0.108. The van der Waals surface area contributed by atoms with Crippen molar-refractivity contribution in [3.8, 4) is 0 Å². The van der Waals surface area contributed by atoms with E-state index in [-0.39, 0.29) is 24.0 Å². The van der Waals surface area contributed by atoms with E-state index < -0.39 is 0 Å². The number of hydrogen-bond donors (Lipinski definition) is 0. The van der Waals surface area contributed by atoms with E-state index in [1.54, 1.807) is 0 Å². The van der Waals surface area contributed by atoms with E-state index in [9.17, 15) is 0 Å². The first kappa shape index (κ1) is 27.4. The maximum Gasteiger partial charge on any atom is 0.162 e. The van der Waals surface area contributed by atoms with E-state index in [1.165, 1.54) is 73.4 Å². The van der Waals surface area contributed by atoms with Crippen LogP contribution in [0.25, 0.3) is 11.1 Å². The highest BCUT2D eigenvalue weighted by Crippen LogP contribution is 2.56. The Morgan fingerprint density at radius 3 is 2.06 bits per heavy atom. The van der Waals surface area contributed by atoms with Crippen LogP contribution in [0.4, 0.5) is 0 Å². The first-order chi connectivity index (χ1) is 23.8. The molecule has 10 aliphatic rings. The quantitative estimate of drug-likeness (QED) is 0.328. The van der Waals surface area contributed by atoms with Crippen LogP contribution >= 0.6 is 0 Å². The molecule has 2 aliphatic heterocycles. The average molecular weight is 625 g/mol. The Bertz CT molecular complexity index is 2190. The smallest absolute Gasteiger partial charge is 0.162 e. The lowest BCUT2D eigenvalue weighted by Gasteiger charge is -2.38. The van der Waals surface area contributed by atoms with Gasteiger partial charge in [0.15, 0.2) is 11.5 Å². The molecule has 1 aromatic rings. The third-order valence-corrected chi connectivity index (χ3v) is 12.7. The Morgan fingerprint density at radius 1 is 0.583 bits per heavy atom. The summed E-state index contributed by atoms with van der Waals surface area (Å²) in [6.07, 6.45) is 43.2. The number of ether oxygens (including phenoxy) is 2. The van der Waals surface area contributed by atoms with Gasteiger partial charge in [-0.05, 0) is 111 Å². The van der Waals surface area contributed by atoms with Gasteiger partial charge in [-0.25, -0.2) is 0 Å². The zero-order chi connectivity index (χ0) is 31.3. The molecule has 7 atom stereocenters. The predicted octanol–water partition coefficient (Wildman–Crippen LogP) is 8.63. The van der Waals surface area contributed by atoms with Crippen molar-refractivity contribution in [2.24, 2.45) is 29.6 Å². The number of allylic oxidation sites excluding steroid dienone is 15. The van der Waals surface area contributed by atoms with E-state index in [0.29, 0.717) is 17.8 Å². The van der Waals surface area contributed by atoms with Gasteiger partial charge >= 0.3 is 0 Å². The van der Waals surface area contributed by atoms with Crippen molar-refractivity contribution in [1.82, 2.24) is 0 Å². The lowest BCUT2D eigenvalue weighted by atomic mass is 9.67. The molecule has 48 heavy (non-hydrogen) atoms. The highest BCUT2D eigenvalue weighted by atomic mass is 16.5. The highest BCUT2D eigenvalue weighted by Gasteiger charge is 2.50. The molecular formula is C46H40O2. The summed E-state index contributed by atoms with van der Waals surface area (Å²) in [5.74, 6) is 3.96. The van der Waals surface area contributed by atoms with Gasteiger partial charge in [0.1, 0.15) is 12.2 Å². The Balaban J connectivity index is 0.943. The highest BCUT2D eigenvalue weighted by molar-refractivity contribution is 5.76. The number of fused-ring (bicyclic) bond motifs is 9. The Hall–Kier alpha value is -4.56. The van der Waals surface area contributed by atoms with Gasteiger partial charge in [-0.15, -0.1) is 0 Å². The van der Waals surface area contributed by atoms with Crippen LogP contribution in [0.1, 0.15) is 44.9 Å². The monoisotopic (exact) mass is 624 g/mol. The predicted molar refractivity (Wildman–Crippen MR) is 192 cm³/mol. The van der Waals surface area contributed by atoms with Crippen molar-refractivity contribution in [3.05, 3.63) is 176 Å². The molecule has 11 rings (SSSR count). The van der Waals surface area contributed by atoms with Crippen molar-refractivity contribution in [1.29, 1.82) is 0 Å². The molecule has 2 heterocycles. The van der Waals surface area contributed by atoms with Crippen LogP contribution in [0.2, 0.25) is 0 Å². The van der Waals surface area contributed by atoms with Crippen LogP contribution in [0.3, 0.4) is 0 Å². The van der Waals surface area contributed by atoms with Crippen molar-refractivity contribution in [2.45, 2.75) is 57.2 Å². The molecule has 1 aromatic carbocycles. The summed E-state index contributed by atoms with van der Waals surface area (Å²) in [4.78, 5) is 0. The topological polar surface area (TPSA) is 18.5 Å². The largest absolute Gasteiger partial charge is 0.481 e. The molecule has 0 aromatic heterocycles. The minimum Gasteiger partial charge on any atom is -0.481 e. The molecule has 2 nitrogen and oxygen atoms in total. The fraction of sp³-hybridized carbons (Fsp3) is 0.304. The lowest BCUT2D eigenvalue weighted by Crippen LogP contribution is -2.38. The van der Waals surface area contributed by atoms with Crippen LogP contribution in [-0.4, -0.2) is 12.2 Å². The molecule has 0 N–H and O–H groups in total. The molecule has 2 heteroatoms. The minimum atomic E-state index is 0.00373. The van der Waals surface area contributed by atoms with Crippen LogP contribution in [0.5, 0.6) is 0 Å². The maximum atomic E-state index is 7.19. The standard InChI is InChI=1S/C46H40O2/c1-3-13-29-27(11-1)25-41(33-17-7-5-15-31(29)33)37-21-9-19-35-39-23-24-40-36-20-10-22-38(44(36)48-46(40)45(39)47-43(35)37)42-26-28-12-2-4-14-30(28)32-16-6-8-18-34(32)42/h3-10,13-22,25,28,31,33,35-36,43-44H,1-2,11-12,23-24,26H2. The molecule has 0 radical (unpaired) electrons. The van der Waals surface area contributed by atoms with Gasteiger partial charge in [-0.2, -0.15) is 0 Å². The number of rotatable bonds is 2. The fourth-order valence-corrected chi connectivity index (χ4v) is 10.6. The Labute approximate surface area is 283 Å². The van der Waals surface area contributed by atoms with Crippen LogP contribution in [0.15, 0.2) is 166 Å². The summed E-state index contributed by atoms with van der Waals surface area (Å²) >= 11 is 0. The van der Waals surface area contributed by atoms with E-state index >= 15 is 0 Å². The van der Waals surface area contributed by atoms with Crippen molar-refractivity contribution < 1.29 is 9.47 Å². The molecule has 0 amide bonds. The molecule has 0 saturated carbocycles. The van der Waals surface area contributed by atoms with Crippen molar-refractivity contribution in [2.75, 3.05) is 0 Å². The number of hydrogen-bond acceptors (Lipinski definition) is 2. The molecule has 8 aliphatic carbocycles. The minimum absolute atomic E-state index is 0.00373. The Morgan fingerprint density at radius 2 is 1.25 bits per heavy atom. The summed E-state index contributed by atoms with van der Waals surface area (Å²) in [7, 11) is 0. The maximum absolute atomic E-state index is 7.19. The van der Waals surface area contributed by atoms with Gasteiger partial charge < -0.3 is 9.47 Å². The molecule has 236 valence electrons. The summed E-state index contributed by atoms with van der Waals surface area (Å²) in [6, 6.07) is 9.07.